The molecule has 1 aromatic heterocycles. The highest BCUT2D eigenvalue weighted by molar-refractivity contribution is 8.13. The number of carboxylic acids is 1. The van der Waals surface area contributed by atoms with Gasteiger partial charge in [-0.3, -0.25) is 4.79 Å². The van der Waals surface area contributed by atoms with E-state index in [0.717, 1.165) is 6.07 Å². The molecule has 3 aromatic rings. The van der Waals surface area contributed by atoms with Crippen molar-refractivity contribution in [3.05, 3.63) is 52.2 Å². The Morgan fingerprint density at radius 1 is 1.05 bits per heavy atom. The molecule has 8 heteroatoms. The van der Waals surface area contributed by atoms with Crippen LogP contribution >= 0.6 is 10.7 Å². The number of fused-ring (bicyclic) bond motifs is 2. The predicted molar refractivity (Wildman–Crippen MR) is 80.0 cm³/mol. The molecule has 0 aliphatic heterocycles. The molecule has 22 heavy (non-hydrogen) atoms. The molecule has 0 atom stereocenters. The van der Waals surface area contributed by atoms with E-state index >= 15 is 0 Å². The lowest BCUT2D eigenvalue weighted by Gasteiger charge is -2.03. The number of benzene rings is 2. The van der Waals surface area contributed by atoms with Gasteiger partial charge in [-0.25, -0.2) is 13.2 Å². The summed E-state index contributed by atoms with van der Waals surface area (Å²) in [5, 5.41) is 9.03. The van der Waals surface area contributed by atoms with E-state index in [1.165, 1.54) is 30.3 Å². The zero-order valence-corrected chi connectivity index (χ0v) is 12.3. The van der Waals surface area contributed by atoms with Crippen molar-refractivity contribution in [3.63, 3.8) is 0 Å². The summed E-state index contributed by atoms with van der Waals surface area (Å²) in [5.74, 6) is -1.18. The molecule has 6 nitrogen and oxygen atoms in total. The molecule has 0 fully saturated rings. The van der Waals surface area contributed by atoms with Crippen LogP contribution in [0.4, 0.5) is 0 Å². The maximum Gasteiger partial charge on any atom is 0.335 e. The van der Waals surface area contributed by atoms with Crippen LogP contribution in [-0.4, -0.2) is 19.5 Å². The van der Waals surface area contributed by atoms with Gasteiger partial charge in [0.15, 0.2) is 0 Å². The van der Waals surface area contributed by atoms with Crippen molar-refractivity contribution < 1.29 is 22.7 Å². The molecule has 2 aromatic carbocycles. The van der Waals surface area contributed by atoms with Gasteiger partial charge in [0.2, 0.25) is 5.43 Å². The standard InChI is InChI=1S/C14H7ClO6S/c15-22(19,20)8-2-4-12-10(6-8)13(16)9-5-7(14(17)18)1-3-11(9)21-12/h1-6H,(H,17,18). The molecule has 1 N–H and O–H groups in total. The summed E-state index contributed by atoms with van der Waals surface area (Å²) in [6.07, 6.45) is 0. The van der Waals surface area contributed by atoms with Crippen molar-refractivity contribution in [2.45, 2.75) is 4.90 Å². The SMILES string of the molecule is O=C(O)c1ccc2oc3ccc(S(=O)(=O)Cl)cc3c(=O)c2c1. The number of hydrogen-bond donors (Lipinski definition) is 1. The van der Waals surface area contributed by atoms with Crippen LogP contribution in [0.15, 0.2) is 50.5 Å². The molecule has 1 heterocycles. The van der Waals surface area contributed by atoms with E-state index in [1.54, 1.807) is 0 Å². The quantitative estimate of drug-likeness (QED) is 0.569. The van der Waals surface area contributed by atoms with E-state index in [-0.39, 0.29) is 32.4 Å². The first kappa shape index (κ1) is 14.6. The number of carbonyl (C=O) groups is 1. The van der Waals surface area contributed by atoms with Crippen LogP contribution in [0.25, 0.3) is 21.9 Å². The fourth-order valence-electron chi connectivity index (χ4n) is 2.12. The molecular formula is C14H7ClO6S. The van der Waals surface area contributed by atoms with Crippen molar-refractivity contribution in [2.24, 2.45) is 0 Å². The number of hydrogen-bond acceptors (Lipinski definition) is 5. The summed E-state index contributed by atoms with van der Waals surface area (Å²) in [7, 11) is 1.27. The topological polar surface area (TPSA) is 102 Å². The van der Waals surface area contributed by atoms with Crippen LogP contribution < -0.4 is 5.43 Å². The first-order valence-electron chi connectivity index (χ1n) is 5.96. The Bertz CT molecular complexity index is 1100. The zero-order chi connectivity index (χ0) is 16.1. The van der Waals surface area contributed by atoms with Crippen molar-refractivity contribution in [1.82, 2.24) is 0 Å². The Balaban J connectivity index is 2.44. The molecule has 0 saturated heterocycles. The van der Waals surface area contributed by atoms with E-state index in [2.05, 4.69) is 0 Å². The van der Waals surface area contributed by atoms with Gasteiger partial charge in [0, 0.05) is 10.7 Å². The number of rotatable bonds is 2. The minimum Gasteiger partial charge on any atom is -0.478 e. The van der Waals surface area contributed by atoms with Gasteiger partial charge in [0.1, 0.15) is 11.2 Å². The molecule has 0 unspecified atom stereocenters. The summed E-state index contributed by atoms with van der Waals surface area (Å²) in [6.45, 7) is 0. The summed E-state index contributed by atoms with van der Waals surface area (Å²) in [6, 6.07) is 7.55. The highest BCUT2D eigenvalue weighted by atomic mass is 35.7. The molecule has 0 aliphatic rings. The molecule has 0 radical (unpaired) electrons. The Morgan fingerprint density at radius 2 is 1.64 bits per heavy atom. The second kappa shape index (κ2) is 4.82. The van der Waals surface area contributed by atoms with Gasteiger partial charge in [-0.1, -0.05) is 0 Å². The Hall–Kier alpha value is -2.38. The van der Waals surface area contributed by atoms with Crippen molar-refractivity contribution >= 4 is 47.6 Å². The number of aromatic carboxylic acids is 1. The second-order valence-corrected chi connectivity index (χ2v) is 7.11. The van der Waals surface area contributed by atoms with Gasteiger partial charge in [-0.05, 0) is 36.4 Å². The molecule has 3 rings (SSSR count). The second-order valence-electron chi connectivity index (χ2n) is 4.54. The van der Waals surface area contributed by atoms with Gasteiger partial charge in [0.25, 0.3) is 9.05 Å². The fraction of sp³-hybridized carbons (Fsp3) is 0. The lowest BCUT2D eigenvalue weighted by atomic mass is 10.1. The summed E-state index contributed by atoms with van der Waals surface area (Å²) >= 11 is 0. The molecule has 0 aliphatic carbocycles. The van der Waals surface area contributed by atoms with Gasteiger partial charge in [-0.2, -0.15) is 0 Å². The van der Waals surface area contributed by atoms with Gasteiger partial charge < -0.3 is 9.52 Å². The van der Waals surface area contributed by atoms with Gasteiger partial charge in [0.05, 0.1) is 21.2 Å². The highest BCUT2D eigenvalue weighted by Crippen LogP contribution is 2.23. The van der Waals surface area contributed by atoms with Crippen LogP contribution in [0.5, 0.6) is 0 Å². The third-order valence-corrected chi connectivity index (χ3v) is 4.52. The lowest BCUT2D eigenvalue weighted by molar-refractivity contribution is 0.0697. The monoisotopic (exact) mass is 338 g/mol. The highest BCUT2D eigenvalue weighted by Gasteiger charge is 2.15. The minimum atomic E-state index is -3.99. The Labute approximate surface area is 128 Å². The van der Waals surface area contributed by atoms with Crippen molar-refractivity contribution in [2.75, 3.05) is 0 Å². The van der Waals surface area contributed by atoms with E-state index in [0.29, 0.717) is 0 Å². The zero-order valence-electron chi connectivity index (χ0n) is 10.7. The Morgan fingerprint density at radius 3 is 2.23 bits per heavy atom. The summed E-state index contributed by atoms with van der Waals surface area (Å²) in [5.41, 5.74) is -0.199. The first-order chi connectivity index (χ1) is 10.3. The third-order valence-electron chi connectivity index (χ3n) is 3.17. The molecule has 0 spiro atoms. The van der Waals surface area contributed by atoms with Gasteiger partial charge in [-0.15, -0.1) is 0 Å². The number of carboxylic acid groups (broad SMARTS) is 1. The van der Waals surface area contributed by atoms with E-state index in [4.69, 9.17) is 20.2 Å². The largest absolute Gasteiger partial charge is 0.478 e. The fourth-order valence-corrected chi connectivity index (χ4v) is 2.90. The van der Waals surface area contributed by atoms with Crippen LogP contribution in [0.1, 0.15) is 10.4 Å². The summed E-state index contributed by atoms with van der Waals surface area (Å²) in [4.78, 5) is 23.2. The van der Waals surface area contributed by atoms with Crippen LogP contribution in [0.3, 0.4) is 0 Å². The van der Waals surface area contributed by atoms with Gasteiger partial charge >= 0.3 is 5.97 Å². The molecular weight excluding hydrogens is 332 g/mol. The first-order valence-corrected chi connectivity index (χ1v) is 8.27. The molecule has 0 bridgehead atoms. The van der Waals surface area contributed by atoms with E-state index in [9.17, 15) is 18.0 Å². The Kier molecular flexibility index (Phi) is 3.19. The third kappa shape index (κ3) is 2.34. The van der Waals surface area contributed by atoms with Crippen LogP contribution in [0, 0.1) is 0 Å². The lowest BCUT2D eigenvalue weighted by Crippen LogP contribution is -2.05. The average molecular weight is 339 g/mol. The number of halogens is 1. The molecule has 112 valence electrons. The molecule has 0 amide bonds. The average Bonchev–Trinajstić information content (AvgIpc) is 2.45. The van der Waals surface area contributed by atoms with Crippen molar-refractivity contribution in [3.8, 4) is 0 Å². The molecule has 0 saturated carbocycles. The van der Waals surface area contributed by atoms with E-state index in [1.807, 2.05) is 0 Å². The minimum absolute atomic E-state index is 0.0109. The smallest absolute Gasteiger partial charge is 0.335 e. The normalized spacial score (nSPS) is 11.9. The van der Waals surface area contributed by atoms with Crippen LogP contribution in [-0.2, 0) is 9.05 Å². The van der Waals surface area contributed by atoms with Crippen LogP contribution in [0.2, 0.25) is 0 Å². The predicted octanol–water partition coefficient (Wildman–Crippen LogP) is 2.57. The van der Waals surface area contributed by atoms with E-state index < -0.39 is 20.4 Å². The maximum absolute atomic E-state index is 12.5. The van der Waals surface area contributed by atoms with Crippen molar-refractivity contribution in [1.29, 1.82) is 0 Å². The maximum atomic E-state index is 12.5. The summed E-state index contributed by atoms with van der Waals surface area (Å²) < 4.78 is 28.2.